The van der Waals surface area contributed by atoms with Crippen molar-refractivity contribution in [3.8, 4) is 0 Å². The fourth-order valence-electron chi connectivity index (χ4n) is 1.49. The van der Waals surface area contributed by atoms with E-state index in [1.807, 2.05) is 6.07 Å². The second kappa shape index (κ2) is 5.59. The van der Waals surface area contributed by atoms with E-state index in [2.05, 4.69) is 13.8 Å². The van der Waals surface area contributed by atoms with E-state index in [9.17, 15) is 4.79 Å². The monoisotopic (exact) mass is 210 g/mol. The largest absolute Gasteiger partial charge is 0.472 e. The van der Waals surface area contributed by atoms with Crippen LogP contribution < -0.4 is 0 Å². The summed E-state index contributed by atoms with van der Waals surface area (Å²) in [7, 11) is 0. The molecule has 0 aromatic carbocycles. The maximum atomic E-state index is 10.9. The second-order valence-electron chi connectivity index (χ2n) is 4.06. The van der Waals surface area contributed by atoms with Crippen molar-refractivity contribution < 1.29 is 13.9 Å². The van der Waals surface area contributed by atoms with E-state index >= 15 is 0 Å². The minimum absolute atomic E-state index is 0.00241. The normalized spacial score (nSPS) is 12.8. The maximum absolute atomic E-state index is 10.9. The van der Waals surface area contributed by atoms with Gasteiger partial charge in [0.15, 0.2) is 0 Å². The molecule has 0 aliphatic carbocycles. The van der Waals surface area contributed by atoms with E-state index in [0.717, 1.165) is 18.4 Å². The molecule has 1 rings (SSSR count). The van der Waals surface area contributed by atoms with Gasteiger partial charge < -0.3 is 9.15 Å². The van der Waals surface area contributed by atoms with Crippen LogP contribution in [0.25, 0.3) is 0 Å². The molecule has 1 aromatic rings. The molecule has 15 heavy (non-hydrogen) atoms. The fourth-order valence-corrected chi connectivity index (χ4v) is 1.49. The maximum Gasteiger partial charge on any atom is 0.302 e. The molecular formula is C12H18O3. The Labute approximate surface area is 90.4 Å². The van der Waals surface area contributed by atoms with Gasteiger partial charge >= 0.3 is 5.97 Å². The van der Waals surface area contributed by atoms with Crippen LogP contribution in [0.3, 0.4) is 0 Å². The predicted octanol–water partition coefficient (Wildman–Crippen LogP) is 2.80. The van der Waals surface area contributed by atoms with Crippen molar-refractivity contribution in [3.63, 3.8) is 0 Å². The van der Waals surface area contributed by atoms with Crippen molar-refractivity contribution in [2.45, 2.75) is 39.7 Å². The number of ether oxygens (including phenoxy) is 1. The molecule has 0 amide bonds. The highest BCUT2D eigenvalue weighted by atomic mass is 16.5. The number of furan rings is 1. The fraction of sp³-hybridized carbons (Fsp3) is 0.583. The van der Waals surface area contributed by atoms with Crippen LogP contribution in [-0.4, -0.2) is 12.1 Å². The minimum atomic E-state index is -0.208. The summed E-state index contributed by atoms with van der Waals surface area (Å²) in [6.07, 6.45) is 5.11. The van der Waals surface area contributed by atoms with E-state index < -0.39 is 0 Å². The summed E-state index contributed by atoms with van der Waals surface area (Å²) >= 11 is 0. The summed E-state index contributed by atoms with van der Waals surface area (Å²) in [6, 6.07) is 1.94. The molecule has 0 aliphatic heterocycles. The molecule has 1 aromatic heterocycles. The average Bonchev–Trinajstić information content (AvgIpc) is 2.63. The van der Waals surface area contributed by atoms with Crippen LogP contribution in [0.4, 0.5) is 0 Å². The van der Waals surface area contributed by atoms with Crippen molar-refractivity contribution in [2.24, 2.45) is 5.92 Å². The number of carbonyl (C=O) groups is 1. The van der Waals surface area contributed by atoms with Crippen molar-refractivity contribution in [1.29, 1.82) is 0 Å². The lowest BCUT2D eigenvalue weighted by Gasteiger charge is -2.20. The summed E-state index contributed by atoms with van der Waals surface area (Å²) in [4.78, 5) is 10.9. The molecule has 0 fully saturated rings. The summed E-state index contributed by atoms with van der Waals surface area (Å²) in [5, 5.41) is 0. The molecule has 0 bridgehead atoms. The Morgan fingerprint density at radius 2 is 2.27 bits per heavy atom. The number of hydrogen-bond acceptors (Lipinski definition) is 3. The van der Waals surface area contributed by atoms with Gasteiger partial charge in [0.05, 0.1) is 12.5 Å². The molecule has 84 valence electrons. The van der Waals surface area contributed by atoms with E-state index in [4.69, 9.17) is 9.15 Å². The number of carbonyl (C=O) groups excluding carboxylic acids is 1. The lowest BCUT2D eigenvalue weighted by molar-refractivity contribution is -0.148. The molecule has 0 saturated heterocycles. The third-order valence-corrected chi connectivity index (χ3v) is 2.36. The van der Waals surface area contributed by atoms with Crippen molar-refractivity contribution in [3.05, 3.63) is 24.2 Å². The molecule has 3 heteroatoms. The molecule has 0 radical (unpaired) electrons. The van der Waals surface area contributed by atoms with Crippen LogP contribution >= 0.6 is 0 Å². The molecule has 0 saturated carbocycles. The van der Waals surface area contributed by atoms with Gasteiger partial charge in [-0.15, -0.1) is 0 Å². The Kier molecular flexibility index (Phi) is 4.40. The van der Waals surface area contributed by atoms with E-state index in [0.29, 0.717) is 5.92 Å². The highest BCUT2D eigenvalue weighted by Crippen LogP contribution is 2.15. The predicted molar refractivity (Wildman–Crippen MR) is 57.4 cm³/mol. The summed E-state index contributed by atoms with van der Waals surface area (Å²) in [6.45, 7) is 5.57. The summed E-state index contributed by atoms with van der Waals surface area (Å²) < 4.78 is 10.2. The highest BCUT2D eigenvalue weighted by molar-refractivity contribution is 5.66. The minimum Gasteiger partial charge on any atom is -0.472 e. The number of aryl methyl sites for hydroxylation is 1. The van der Waals surface area contributed by atoms with Gasteiger partial charge in [0.2, 0.25) is 0 Å². The van der Waals surface area contributed by atoms with Gasteiger partial charge in [-0.2, -0.15) is 0 Å². The Balaban J connectivity index is 2.41. The molecule has 0 spiro atoms. The average molecular weight is 210 g/mol. The zero-order valence-electron chi connectivity index (χ0n) is 9.53. The SMILES string of the molecule is CC(=O)O[C@@H](CCc1ccoc1)C(C)C. The Morgan fingerprint density at radius 1 is 1.53 bits per heavy atom. The van der Waals surface area contributed by atoms with Gasteiger partial charge in [0, 0.05) is 6.92 Å². The van der Waals surface area contributed by atoms with E-state index in [1.54, 1.807) is 12.5 Å². The zero-order valence-corrected chi connectivity index (χ0v) is 9.53. The number of hydrogen-bond donors (Lipinski definition) is 0. The molecule has 1 heterocycles. The van der Waals surface area contributed by atoms with Crippen LogP contribution in [0.15, 0.2) is 23.0 Å². The third kappa shape index (κ3) is 4.19. The standard InChI is InChI=1S/C12H18O3/c1-9(2)12(15-10(3)13)5-4-11-6-7-14-8-11/h6-9,12H,4-5H2,1-3H3/t12-/m0/s1. The van der Waals surface area contributed by atoms with Crippen molar-refractivity contribution >= 4 is 5.97 Å². The zero-order chi connectivity index (χ0) is 11.3. The first kappa shape index (κ1) is 11.8. The number of esters is 1. The Bertz CT molecular complexity index is 288. The van der Waals surface area contributed by atoms with Crippen LogP contribution in [0, 0.1) is 5.92 Å². The lowest BCUT2D eigenvalue weighted by Crippen LogP contribution is -2.22. The van der Waals surface area contributed by atoms with Gasteiger partial charge in [-0.05, 0) is 30.4 Å². The number of rotatable bonds is 5. The van der Waals surface area contributed by atoms with E-state index in [1.165, 1.54) is 6.92 Å². The molecule has 3 nitrogen and oxygen atoms in total. The van der Waals surface area contributed by atoms with Gasteiger partial charge in [0.1, 0.15) is 6.10 Å². The van der Waals surface area contributed by atoms with Gasteiger partial charge in [-0.25, -0.2) is 0 Å². The lowest BCUT2D eigenvalue weighted by atomic mass is 10.0. The quantitative estimate of drug-likeness (QED) is 0.701. The molecule has 0 unspecified atom stereocenters. The smallest absolute Gasteiger partial charge is 0.302 e. The molecule has 0 N–H and O–H groups in total. The molecule has 0 aliphatic rings. The van der Waals surface area contributed by atoms with Gasteiger partial charge in [-0.3, -0.25) is 4.79 Å². The highest BCUT2D eigenvalue weighted by Gasteiger charge is 2.16. The Morgan fingerprint density at radius 3 is 2.73 bits per heavy atom. The van der Waals surface area contributed by atoms with Crippen molar-refractivity contribution in [1.82, 2.24) is 0 Å². The van der Waals surface area contributed by atoms with Gasteiger partial charge in [0.25, 0.3) is 0 Å². The molecule has 1 atom stereocenters. The van der Waals surface area contributed by atoms with Crippen LogP contribution in [-0.2, 0) is 16.0 Å². The van der Waals surface area contributed by atoms with E-state index in [-0.39, 0.29) is 12.1 Å². The second-order valence-corrected chi connectivity index (χ2v) is 4.06. The first-order chi connectivity index (χ1) is 7.09. The van der Waals surface area contributed by atoms with Crippen LogP contribution in [0.1, 0.15) is 32.8 Å². The first-order valence-corrected chi connectivity index (χ1v) is 5.28. The topological polar surface area (TPSA) is 39.4 Å². The van der Waals surface area contributed by atoms with Gasteiger partial charge in [-0.1, -0.05) is 13.8 Å². The third-order valence-electron chi connectivity index (χ3n) is 2.36. The summed E-state index contributed by atoms with van der Waals surface area (Å²) in [5.74, 6) is 0.140. The molecular weight excluding hydrogens is 192 g/mol. The summed E-state index contributed by atoms with van der Waals surface area (Å²) in [5.41, 5.74) is 1.15. The van der Waals surface area contributed by atoms with Crippen molar-refractivity contribution in [2.75, 3.05) is 0 Å². The Hall–Kier alpha value is -1.25. The first-order valence-electron chi connectivity index (χ1n) is 5.28. The van der Waals surface area contributed by atoms with Crippen LogP contribution in [0.2, 0.25) is 0 Å². The van der Waals surface area contributed by atoms with Crippen LogP contribution in [0.5, 0.6) is 0 Å².